The van der Waals surface area contributed by atoms with Crippen LogP contribution < -0.4 is 10.6 Å². The topological polar surface area (TPSA) is 54.0 Å². The number of nitrogens with one attached hydrogen (secondary N) is 2. The maximum atomic E-state index is 13.7. The quantitative estimate of drug-likeness (QED) is 0.641. The fraction of sp³-hybridized carbons (Fsp3) is 0.100. The molecule has 0 aliphatic carbocycles. The molecule has 1 aromatic heterocycles. The van der Waals surface area contributed by atoms with E-state index < -0.39 is 29.0 Å². The van der Waals surface area contributed by atoms with E-state index >= 15 is 0 Å². The number of hydrogen-bond donors (Lipinski definition) is 2. The molecule has 3 rings (SSSR count). The fourth-order valence-corrected chi connectivity index (χ4v) is 2.48. The number of carbonyl (C=O) groups is 1. The van der Waals surface area contributed by atoms with Gasteiger partial charge in [-0.1, -0.05) is 24.3 Å². The molecule has 1 heterocycles. The third kappa shape index (κ3) is 4.25. The number of benzene rings is 2. The van der Waals surface area contributed by atoms with Crippen molar-refractivity contribution in [3.05, 3.63) is 88.9 Å². The summed E-state index contributed by atoms with van der Waals surface area (Å²) in [7, 11) is 0. The van der Waals surface area contributed by atoms with Gasteiger partial charge in [-0.25, -0.2) is 18.2 Å². The lowest BCUT2D eigenvalue weighted by molar-refractivity contribution is 0.102. The number of aryl methyl sites for hydroxylation is 1. The van der Waals surface area contributed by atoms with Crippen molar-refractivity contribution in [3.8, 4) is 0 Å². The van der Waals surface area contributed by atoms with Crippen LogP contribution in [0.3, 0.4) is 0 Å². The lowest BCUT2D eigenvalue weighted by Crippen LogP contribution is -2.14. The first-order chi connectivity index (χ1) is 13.0. The van der Waals surface area contributed by atoms with Crippen molar-refractivity contribution in [1.29, 1.82) is 0 Å². The number of amides is 1. The molecule has 7 heteroatoms. The molecule has 0 saturated carbocycles. The Labute approximate surface area is 154 Å². The predicted octanol–water partition coefficient (Wildman–Crippen LogP) is 4.67. The summed E-state index contributed by atoms with van der Waals surface area (Å²) in [6.45, 7) is 2.51. The highest BCUT2D eigenvalue weighted by molar-refractivity contribution is 6.04. The van der Waals surface area contributed by atoms with E-state index in [2.05, 4.69) is 15.6 Å². The van der Waals surface area contributed by atoms with Crippen molar-refractivity contribution in [2.75, 3.05) is 10.6 Å². The zero-order valence-corrected chi connectivity index (χ0v) is 14.4. The van der Waals surface area contributed by atoms with Gasteiger partial charge in [0.05, 0.1) is 5.69 Å². The average Bonchev–Trinajstić information content (AvgIpc) is 2.68. The van der Waals surface area contributed by atoms with E-state index in [9.17, 15) is 18.0 Å². The van der Waals surface area contributed by atoms with Gasteiger partial charge >= 0.3 is 0 Å². The summed E-state index contributed by atoms with van der Waals surface area (Å²) in [5.74, 6) is -4.62. The van der Waals surface area contributed by atoms with E-state index in [0.29, 0.717) is 12.4 Å². The highest BCUT2D eigenvalue weighted by atomic mass is 19.2. The molecule has 0 atom stereocenters. The van der Waals surface area contributed by atoms with E-state index in [0.717, 1.165) is 23.3 Å². The van der Waals surface area contributed by atoms with E-state index in [1.54, 1.807) is 0 Å². The number of aromatic nitrogens is 1. The summed E-state index contributed by atoms with van der Waals surface area (Å²) in [6, 6.07) is 12.5. The predicted molar refractivity (Wildman–Crippen MR) is 97.0 cm³/mol. The molecule has 3 aromatic rings. The molecule has 0 fully saturated rings. The molecule has 0 bridgehead atoms. The normalized spacial score (nSPS) is 10.5. The van der Waals surface area contributed by atoms with Gasteiger partial charge in [-0.2, -0.15) is 0 Å². The van der Waals surface area contributed by atoms with Crippen LogP contribution in [0.2, 0.25) is 0 Å². The first-order valence-electron chi connectivity index (χ1n) is 8.15. The van der Waals surface area contributed by atoms with Crippen molar-refractivity contribution in [1.82, 2.24) is 4.98 Å². The second kappa shape index (κ2) is 7.90. The smallest absolute Gasteiger partial charge is 0.255 e. The van der Waals surface area contributed by atoms with E-state index in [1.165, 1.54) is 18.3 Å². The zero-order chi connectivity index (χ0) is 19.4. The minimum Gasteiger partial charge on any atom is -0.366 e. The number of halogens is 3. The van der Waals surface area contributed by atoms with Crippen molar-refractivity contribution >= 4 is 17.4 Å². The van der Waals surface area contributed by atoms with Gasteiger partial charge in [0.25, 0.3) is 5.91 Å². The Morgan fingerprint density at radius 1 is 1.04 bits per heavy atom. The van der Waals surface area contributed by atoms with Gasteiger partial charge in [0.15, 0.2) is 17.5 Å². The van der Waals surface area contributed by atoms with Gasteiger partial charge in [0.1, 0.15) is 5.82 Å². The lowest BCUT2D eigenvalue weighted by atomic mass is 10.1. The SMILES string of the molecule is Cc1ccccc1CNc1cc(C(=O)Nc2ccc(F)c(F)c2F)ccn1. The average molecular weight is 371 g/mol. The van der Waals surface area contributed by atoms with Crippen molar-refractivity contribution in [2.45, 2.75) is 13.5 Å². The molecule has 27 heavy (non-hydrogen) atoms. The third-order valence-electron chi connectivity index (χ3n) is 4.03. The second-order valence-corrected chi connectivity index (χ2v) is 5.89. The molecule has 2 N–H and O–H groups in total. The second-order valence-electron chi connectivity index (χ2n) is 5.89. The summed E-state index contributed by atoms with van der Waals surface area (Å²) in [6.07, 6.45) is 1.43. The molecular weight excluding hydrogens is 355 g/mol. The Morgan fingerprint density at radius 3 is 2.59 bits per heavy atom. The third-order valence-corrected chi connectivity index (χ3v) is 4.03. The largest absolute Gasteiger partial charge is 0.366 e. The Kier molecular flexibility index (Phi) is 5.40. The highest BCUT2D eigenvalue weighted by Crippen LogP contribution is 2.20. The van der Waals surface area contributed by atoms with Crippen LogP contribution in [-0.2, 0) is 6.54 Å². The summed E-state index contributed by atoms with van der Waals surface area (Å²) in [4.78, 5) is 16.4. The Hall–Kier alpha value is -3.35. The van der Waals surface area contributed by atoms with Gasteiger partial charge < -0.3 is 10.6 Å². The van der Waals surface area contributed by atoms with Gasteiger partial charge in [0, 0.05) is 18.3 Å². The summed E-state index contributed by atoms with van der Waals surface area (Å²) in [5.41, 5.74) is 1.96. The number of nitrogens with zero attached hydrogens (tertiary/aromatic N) is 1. The van der Waals surface area contributed by atoms with Crippen LogP contribution in [0.5, 0.6) is 0 Å². The van der Waals surface area contributed by atoms with E-state index in [4.69, 9.17) is 0 Å². The van der Waals surface area contributed by atoms with Crippen LogP contribution in [0.25, 0.3) is 0 Å². The van der Waals surface area contributed by atoms with Gasteiger partial charge in [-0.15, -0.1) is 0 Å². The minimum absolute atomic E-state index is 0.196. The Bertz CT molecular complexity index is 992. The van der Waals surface area contributed by atoms with Crippen LogP contribution in [0, 0.1) is 24.4 Å². The van der Waals surface area contributed by atoms with E-state index in [-0.39, 0.29) is 5.56 Å². The molecule has 0 saturated heterocycles. The first-order valence-corrected chi connectivity index (χ1v) is 8.15. The van der Waals surface area contributed by atoms with Gasteiger partial charge in [0.2, 0.25) is 0 Å². The number of hydrogen-bond acceptors (Lipinski definition) is 3. The number of carbonyl (C=O) groups excluding carboxylic acids is 1. The standard InChI is InChI=1S/C20H16F3N3O/c1-12-4-2-3-5-14(12)11-25-17-10-13(8-9-24-17)20(27)26-16-7-6-15(21)18(22)19(16)23/h2-10H,11H2,1H3,(H,24,25)(H,26,27). The molecule has 4 nitrogen and oxygen atoms in total. The molecule has 138 valence electrons. The van der Waals surface area contributed by atoms with Gasteiger partial charge in [-0.05, 0) is 42.3 Å². The molecular formula is C20H16F3N3O. The molecule has 2 aromatic carbocycles. The van der Waals surface area contributed by atoms with E-state index in [1.807, 2.05) is 31.2 Å². The minimum atomic E-state index is -1.64. The van der Waals surface area contributed by atoms with Crippen molar-refractivity contribution in [2.24, 2.45) is 0 Å². The highest BCUT2D eigenvalue weighted by Gasteiger charge is 2.16. The molecule has 0 radical (unpaired) electrons. The lowest BCUT2D eigenvalue weighted by Gasteiger charge is -2.10. The van der Waals surface area contributed by atoms with Crippen LogP contribution in [-0.4, -0.2) is 10.9 Å². The van der Waals surface area contributed by atoms with Crippen molar-refractivity contribution in [3.63, 3.8) is 0 Å². The van der Waals surface area contributed by atoms with Crippen LogP contribution in [0.15, 0.2) is 54.7 Å². The molecule has 0 spiro atoms. The van der Waals surface area contributed by atoms with Crippen LogP contribution >= 0.6 is 0 Å². The maximum absolute atomic E-state index is 13.7. The zero-order valence-electron chi connectivity index (χ0n) is 14.4. The number of rotatable bonds is 5. The van der Waals surface area contributed by atoms with Crippen LogP contribution in [0.4, 0.5) is 24.7 Å². The van der Waals surface area contributed by atoms with Crippen LogP contribution in [0.1, 0.15) is 21.5 Å². The van der Waals surface area contributed by atoms with Crippen molar-refractivity contribution < 1.29 is 18.0 Å². The number of pyridine rings is 1. The monoisotopic (exact) mass is 371 g/mol. The Balaban J connectivity index is 1.72. The summed E-state index contributed by atoms with van der Waals surface area (Å²) >= 11 is 0. The Morgan fingerprint density at radius 2 is 1.81 bits per heavy atom. The summed E-state index contributed by atoms with van der Waals surface area (Å²) < 4.78 is 40.0. The molecule has 0 unspecified atom stereocenters. The summed E-state index contributed by atoms with van der Waals surface area (Å²) in [5, 5.41) is 5.34. The molecule has 0 aliphatic heterocycles. The maximum Gasteiger partial charge on any atom is 0.255 e. The molecule has 1 amide bonds. The molecule has 0 aliphatic rings. The number of anilines is 2. The van der Waals surface area contributed by atoms with Gasteiger partial charge in [-0.3, -0.25) is 4.79 Å². The fourth-order valence-electron chi connectivity index (χ4n) is 2.48. The first kappa shape index (κ1) is 18.4.